The Hall–Kier alpha value is -1.31. The van der Waals surface area contributed by atoms with Crippen LogP contribution >= 0.6 is 11.6 Å². The highest BCUT2D eigenvalue weighted by Crippen LogP contribution is 2.24. The topological polar surface area (TPSA) is 69.7 Å². The molecule has 1 rings (SSSR count). The highest BCUT2D eigenvalue weighted by molar-refractivity contribution is 7.92. The molecule has 0 heterocycles. The molecule has 1 aromatic carbocycles. The molecule has 1 atom stereocenters. The summed E-state index contributed by atoms with van der Waals surface area (Å²) in [5.74, 6) is -0.295. The van der Waals surface area contributed by atoms with Crippen molar-refractivity contribution in [3.63, 3.8) is 0 Å². The van der Waals surface area contributed by atoms with Gasteiger partial charge in [-0.25, -0.2) is 8.42 Å². The van der Waals surface area contributed by atoms with E-state index in [1.54, 1.807) is 31.2 Å². The number of anilines is 1. The van der Waals surface area contributed by atoms with Crippen molar-refractivity contribution in [3.05, 3.63) is 29.3 Å². The lowest BCUT2D eigenvalue weighted by atomic mass is 10.2. The smallest absolute Gasteiger partial charge is 0.243 e. The van der Waals surface area contributed by atoms with Crippen molar-refractivity contribution >= 4 is 33.2 Å². The van der Waals surface area contributed by atoms with E-state index >= 15 is 0 Å². The van der Waals surface area contributed by atoms with Gasteiger partial charge in [-0.1, -0.05) is 18.5 Å². The lowest BCUT2D eigenvalue weighted by Crippen LogP contribution is -2.49. The van der Waals surface area contributed by atoms with Crippen molar-refractivity contribution < 1.29 is 13.2 Å². The Bertz CT molecular complexity index is 632. The maximum atomic E-state index is 12.5. The number of sulfonamides is 1. The lowest BCUT2D eigenvalue weighted by molar-refractivity contribution is -0.122. The van der Waals surface area contributed by atoms with Gasteiger partial charge in [0.15, 0.2) is 0 Å². The number of nitrogens with one attached hydrogen (secondary N) is 1. The minimum Gasteiger partial charge on any atom is -0.354 e. The van der Waals surface area contributed by atoms with Crippen LogP contribution in [0, 0.1) is 0 Å². The normalized spacial score (nSPS) is 12.9. The SMILES string of the molecule is CC[C@@H](C(=O)NCCCN(C)C)N(c1ccc(Cl)cc1)S(C)(=O)=O. The fourth-order valence-electron chi connectivity index (χ4n) is 2.37. The molecule has 136 valence electrons. The molecule has 6 nitrogen and oxygen atoms in total. The molecule has 1 aromatic rings. The monoisotopic (exact) mass is 375 g/mol. The number of halogens is 1. The number of rotatable bonds is 9. The highest BCUT2D eigenvalue weighted by atomic mass is 35.5. The van der Waals surface area contributed by atoms with Crippen LogP contribution in [0.4, 0.5) is 5.69 Å². The summed E-state index contributed by atoms with van der Waals surface area (Å²) in [5, 5.41) is 3.33. The fraction of sp³-hybridized carbons (Fsp3) is 0.562. The zero-order valence-electron chi connectivity index (χ0n) is 14.6. The molecule has 0 aliphatic rings. The Morgan fingerprint density at radius 2 is 1.83 bits per heavy atom. The van der Waals surface area contributed by atoms with E-state index in [1.165, 1.54) is 0 Å². The van der Waals surface area contributed by atoms with Crippen molar-refractivity contribution in [2.45, 2.75) is 25.8 Å². The van der Waals surface area contributed by atoms with Crippen LogP contribution in [0.1, 0.15) is 19.8 Å². The van der Waals surface area contributed by atoms with Gasteiger partial charge in [0.2, 0.25) is 15.9 Å². The highest BCUT2D eigenvalue weighted by Gasteiger charge is 2.31. The first-order chi connectivity index (χ1) is 11.2. The van der Waals surface area contributed by atoms with Crippen LogP contribution < -0.4 is 9.62 Å². The molecule has 0 radical (unpaired) electrons. The predicted molar refractivity (Wildman–Crippen MR) is 99.0 cm³/mol. The molecule has 0 bridgehead atoms. The quantitative estimate of drug-likeness (QED) is 0.670. The van der Waals surface area contributed by atoms with E-state index in [4.69, 9.17) is 11.6 Å². The average molecular weight is 376 g/mol. The maximum Gasteiger partial charge on any atom is 0.243 e. The largest absolute Gasteiger partial charge is 0.354 e. The third kappa shape index (κ3) is 6.30. The molecule has 0 aliphatic heterocycles. The zero-order valence-corrected chi connectivity index (χ0v) is 16.2. The molecule has 0 unspecified atom stereocenters. The minimum atomic E-state index is -3.61. The minimum absolute atomic E-state index is 0.295. The predicted octanol–water partition coefficient (Wildman–Crippen LogP) is 1.95. The summed E-state index contributed by atoms with van der Waals surface area (Å²) in [6.07, 6.45) is 2.27. The Kier molecular flexibility index (Phi) is 7.99. The van der Waals surface area contributed by atoms with Crippen molar-refractivity contribution in [1.29, 1.82) is 0 Å². The first-order valence-electron chi connectivity index (χ1n) is 7.84. The van der Waals surface area contributed by atoms with Gasteiger partial charge in [0.05, 0.1) is 11.9 Å². The summed E-state index contributed by atoms with van der Waals surface area (Å²) >= 11 is 5.87. The first-order valence-corrected chi connectivity index (χ1v) is 10.1. The number of carbonyl (C=O) groups is 1. The van der Waals surface area contributed by atoms with Gasteiger partial charge in [-0.05, 0) is 57.7 Å². The average Bonchev–Trinajstić information content (AvgIpc) is 2.48. The third-order valence-corrected chi connectivity index (χ3v) is 4.92. The second-order valence-corrected chi connectivity index (χ2v) is 8.20. The van der Waals surface area contributed by atoms with Gasteiger partial charge >= 0.3 is 0 Å². The second kappa shape index (κ2) is 9.25. The number of benzene rings is 1. The summed E-state index contributed by atoms with van der Waals surface area (Å²) in [7, 11) is 0.312. The van der Waals surface area contributed by atoms with E-state index in [2.05, 4.69) is 5.32 Å². The second-order valence-electron chi connectivity index (χ2n) is 5.91. The summed E-state index contributed by atoms with van der Waals surface area (Å²) in [4.78, 5) is 14.5. The van der Waals surface area contributed by atoms with Gasteiger partial charge < -0.3 is 10.2 Å². The van der Waals surface area contributed by atoms with E-state index in [9.17, 15) is 13.2 Å². The molecular formula is C16H26ClN3O3S. The number of carbonyl (C=O) groups excluding carboxylic acids is 1. The Morgan fingerprint density at radius 1 is 1.25 bits per heavy atom. The van der Waals surface area contributed by atoms with E-state index in [1.807, 2.05) is 19.0 Å². The van der Waals surface area contributed by atoms with Gasteiger partial charge in [0.1, 0.15) is 6.04 Å². The molecule has 8 heteroatoms. The van der Waals surface area contributed by atoms with Gasteiger partial charge in [-0.3, -0.25) is 9.10 Å². The van der Waals surface area contributed by atoms with Crippen LogP contribution in [-0.4, -0.2) is 58.7 Å². The van der Waals surface area contributed by atoms with Crippen LogP contribution in [0.3, 0.4) is 0 Å². The van der Waals surface area contributed by atoms with E-state index in [0.717, 1.165) is 23.5 Å². The Balaban J connectivity index is 2.93. The van der Waals surface area contributed by atoms with Crippen molar-refractivity contribution in [2.24, 2.45) is 0 Å². The molecule has 0 aromatic heterocycles. The van der Waals surface area contributed by atoms with Gasteiger partial charge in [0.25, 0.3) is 0 Å². The fourth-order valence-corrected chi connectivity index (χ4v) is 3.71. The van der Waals surface area contributed by atoms with Crippen molar-refractivity contribution in [1.82, 2.24) is 10.2 Å². The Labute approximate surface area is 149 Å². The van der Waals surface area contributed by atoms with Gasteiger partial charge in [-0.2, -0.15) is 0 Å². The standard InChI is InChI=1S/C16H26ClN3O3S/c1-5-15(16(21)18-11-6-12-19(2)3)20(24(4,22)23)14-9-7-13(17)8-10-14/h7-10,15H,5-6,11-12H2,1-4H3,(H,18,21)/t15-/m0/s1. The summed E-state index contributed by atoms with van der Waals surface area (Å²) in [6, 6.07) is 5.63. The molecule has 0 aliphatic carbocycles. The van der Waals surface area contributed by atoms with Crippen LogP contribution in [-0.2, 0) is 14.8 Å². The van der Waals surface area contributed by atoms with Crippen LogP contribution in [0.5, 0.6) is 0 Å². The number of nitrogens with zero attached hydrogens (tertiary/aromatic N) is 2. The molecule has 0 saturated carbocycles. The third-order valence-electron chi connectivity index (χ3n) is 3.49. The van der Waals surface area contributed by atoms with E-state index < -0.39 is 16.1 Å². The molecular weight excluding hydrogens is 350 g/mol. The number of hydrogen-bond acceptors (Lipinski definition) is 4. The number of hydrogen-bond donors (Lipinski definition) is 1. The molecule has 0 fully saturated rings. The molecule has 1 N–H and O–H groups in total. The lowest BCUT2D eigenvalue weighted by Gasteiger charge is -2.30. The van der Waals surface area contributed by atoms with E-state index in [-0.39, 0.29) is 5.91 Å². The van der Waals surface area contributed by atoms with Crippen molar-refractivity contribution in [3.8, 4) is 0 Å². The molecule has 0 spiro atoms. The summed E-state index contributed by atoms with van der Waals surface area (Å²) < 4.78 is 25.7. The zero-order chi connectivity index (χ0) is 18.3. The summed E-state index contributed by atoms with van der Waals surface area (Å²) in [5.41, 5.74) is 0.428. The first kappa shape index (κ1) is 20.7. The molecule has 1 amide bonds. The van der Waals surface area contributed by atoms with Crippen LogP contribution in [0.25, 0.3) is 0 Å². The number of amides is 1. The molecule has 24 heavy (non-hydrogen) atoms. The Morgan fingerprint density at radius 3 is 2.29 bits per heavy atom. The van der Waals surface area contributed by atoms with Gasteiger partial charge in [-0.15, -0.1) is 0 Å². The van der Waals surface area contributed by atoms with E-state index in [0.29, 0.717) is 23.7 Å². The molecule has 0 saturated heterocycles. The summed E-state index contributed by atoms with van der Waals surface area (Å²) in [6.45, 7) is 3.15. The van der Waals surface area contributed by atoms with Crippen LogP contribution in [0.2, 0.25) is 5.02 Å². The maximum absolute atomic E-state index is 12.5. The van der Waals surface area contributed by atoms with Crippen molar-refractivity contribution in [2.75, 3.05) is 37.7 Å². The van der Waals surface area contributed by atoms with Gasteiger partial charge in [0, 0.05) is 11.6 Å². The van der Waals surface area contributed by atoms with Crippen LogP contribution in [0.15, 0.2) is 24.3 Å².